The number of hydrogen-bond acceptors (Lipinski definition) is 7. The van der Waals surface area contributed by atoms with E-state index in [0.29, 0.717) is 35.0 Å². The lowest BCUT2D eigenvalue weighted by Crippen LogP contribution is -2.20. The van der Waals surface area contributed by atoms with Crippen molar-refractivity contribution in [2.24, 2.45) is 0 Å². The van der Waals surface area contributed by atoms with Crippen LogP contribution in [0.1, 0.15) is 23.1 Å². The van der Waals surface area contributed by atoms with Gasteiger partial charge in [0.2, 0.25) is 0 Å². The van der Waals surface area contributed by atoms with Crippen LogP contribution in [0.15, 0.2) is 41.3 Å². The Morgan fingerprint density at radius 2 is 1.92 bits per heavy atom. The van der Waals surface area contributed by atoms with Gasteiger partial charge in [0.1, 0.15) is 11.3 Å². The van der Waals surface area contributed by atoms with Gasteiger partial charge in [-0.25, -0.2) is 4.79 Å². The minimum absolute atomic E-state index is 0.180. The van der Waals surface area contributed by atoms with Gasteiger partial charge in [0.05, 0.1) is 12.2 Å². The highest BCUT2D eigenvalue weighted by Crippen LogP contribution is 2.12. The van der Waals surface area contributed by atoms with Gasteiger partial charge in [0.15, 0.2) is 5.52 Å². The number of benzene rings is 1. The van der Waals surface area contributed by atoms with E-state index in [4.69, 9.17) is 4.74 Å². The van der Waals surface area contributed by atoms with Crippen LogP contribution in [0.4, 0.5) is 0 Å². The van der Waals surface area contributed by atoms with E-state index in [9.17, 15) is 9.59 Å². The Morgan fingerprint density at radius 1 is 1.15 bits per heavy atom. The van der Waals surface area contributed by atoms with Gasteiger partial charge in [-0.05, 0) is 44.2 Å². The van der Waals surface area contributed by atoms with Gasteiger partial charge in [-0.2, -0.15) is 9.50 Å². The Kier molecular flexibility index (Phi) is 3.68. The lowest BCUT2D eigenvalue weighted by Gasteiger charge is -2.08. The molecule has 0 fully saturated rings. The van der Waals surface area contributed by atoms with Crippen LogP contribution >= 0.6 is 0 Å². The minimum Gasteiger partial charge on any atom is -0.462 e. The van der Waals surface area contributed by atoms with Crippen LogP contribution < -0.4 is 5.56 Å². The van der Waals surface area contributed by atoms with Crippen molar-refractivity contribution in [1.29, 1.82) is 0 Å². The number of nitrogens with zero attached hydrogens (tertiary/aromatic N) is 6. The van der Waals surface area contributed by atoms with E-state index >= 15 is 0 Å². The largest absolute Gasteiger partial charge is 0.462 e. The van der Waals surface area contributed by atoms with Crippen LogP contribution in [0, 0.1) is 6.92 Å². The number of aryl methyl sites for hydroxylation is 1. The van der Waals surface area contributed by atoms with Gasteiger partial charge in [-0.3, -0.25) is 9.36 Å². The lowest BCUT2D eigenvalue weighted by atomic mass is 10.2. The number of aromatic nitrogens is 6. The number of carbonyl (C=O) groups excluding carboxylic acids is 1. The molecule has 0 bridgehead atoms. The lowest BCUT2D eigenvalue weighted by molar-refractivity contribution is 0.0526. The average molecular weight is 350 g/mol. The smallest absolute Gasteiger partial charge is 0.338 e. The van der Waals surface area contributed by atoms with Crippen molar-refractivity contribution in [2.45, 2.75) is 13.8 Å². The third-order valence-corrected chi connectivity index (χ3v) is 3.87. The summed E-state index contributed by atoms with van der Waals surface area (Å²) < 4.78 is 7.88. The molecule has 0 saturated heterocycles. The van der Waals surface area contributed by atoms with Crippen LogP contribution in [0.3, 0.4) is 0 Å². The maximum Gasteiger partial charge on any atom is 0.338 e. The fourth-order valence-electron chi connectivity index (χ4n) is 2.68. The van der Waals surface area contributed by atoms with E-state index in [1.807, 2.05) is 0 Å². The summed E-state index contributed by atoms with van der Waals surface area (Å²) in [7, 11) is 0. The van der Waals surface area contributed by atoms with Gasteiger partial charge in [-0.1, -0.05) is 0 Å². The van der Waals surface area contributed by atoms with E-state index in [1.54, 1.807) is 50.4 Å². The topological polar surface area (TPSA) is 104 Å². The molecule has 4 rings (SSSR count). The summed E-state index contributed by atoms with van der Waals surface area (Å²) in [6.07, 6.45) is 1.63. The third-order valence-electron chi connectivity index (χ3n) is 3.87. The molecule has 0 aliphatic carbocycles. The second-order valence-electron chi connectivity index (χ2n) is 5.56. The molecule has 9 nitrogen and oxygen atoms in total. The molecule has 0 radical (unpaired) electrons. The van der Waals surface area contributed by atoms with Crippen LogP contribution in [0.2, 0.25) is 0 Å². The first kappa shape index (κ1) is 15.9. The Balaban J connectivity index is 1.82. The molecular formula is C17H14N6O3. The van der Waals surface area contributed by atoms with Crippen molar-refractivity contribution in [3.63, 3.8) is 0 Å². The number of ether oxygens (including phenoxy) is 1. The van der Waals surface area contributed by atoms with E-state index in [0.717, 1.165) is 0 Å². The summed E-state index contributed by atoms with van der Waals surface area (Å²) in [5, 5.41) is 12.2. The predicted molar refractivity (Wildman–Crippen MR) is 92.4 cm³/mol. The molecule has 9 heteroatoms. The number of fused-ring (bicyclic) bond motifs is 3. The number of hydrogen-bond donors (Lipinski definition) is 0. The molecule has 0 N–H and O–H groups in total. The van der Waals surface area contributed by atoms with Gasteiger partial charge >= 0.3 is 5.97 Å². The van der Waals surface area contributed by atoms with Crippen molar-refractivity contribution >= 4 is 22.8 Å². The summed E-state index contributed by atoms with van der Waals surface area (Å²) >= 11 is 0. The molecule has 0 aliphatic rings. The van der Waals surface area contributed by atoms with Gasteiger partial charge in [0, 0.05) is 11.9 Å². The normalized spacial score (nSPS) is 11.2. The molecule has 0 unspecified atom stereocenters. The summed E-state index contributed by atoms with van der Waals surface area (Å²) in [4.78, 5) is 28.7. The van der Waals surface area contributed by atoms with Gasteiger partial charge in [-0.15, -0.1) is 15.3 Å². The number of pyridine rings is 1. The first-order valence-corrected chi connectivity index (χ1v) is 7.97. The highest BCUT2D eigenvalue weighted by molar-refractivity contribution is 5.89. The number of rotatable bonds is 3. The Hall–Kier alpha value is -3.62. The molecule has 0 amide bonds. The van der Waals surface area contributed by atoms with Crippen molar-refractivity contribution in [2.75, 3.05) is 6.61 Å². The molecular weight excluding hydrogens is 336 g/mol. The quantitative estimate of drug-likeness (QED) is 0.513. The molecule has 1 aromatic carbocycles. The zero-order valence-corrected chi connectivity index (χ0v) is 14.1. The van der Waals surface area contributed by atoms with Crippen molar-refractivity contribution in [1.82, 2.24) is 29.4 Å². The second kappa shape index (κ2) is 6.03. The second-order valence-corrected chi connectivity index (χ2v) is 5.56. The molecule has 4 aromatic rings. The standard InChI is InChI=1S/C17H14N6O3/c1-3-26-16(25)11-4-6-12(7-5-11)22-9-8-13-14(15(22)24)19-20-17-18-10(2)21-23(13)17/h4-9H,3H2,1-2H3. The molecule has 3 aromatic heterocycles. The average Bonchev–Trinajstić information content (AvgIpc) is 3.03. The Labute approximate surface area is 146 Å². The molecule has 26 heavy (non-hydrogen) atoms. The fourth-order valence-corrected chi connectivity index (χ4v) is 2.68. The third kappa shape index (κ3) is 2.50. The Bertz CT molecular complexity index is 1190. The Morgan fingerprint density at radius 3 is 2.65 bits per heavy atom. The van der Waals surface area contributed by atoms with Gasteiger partial charge in [0.25, 0.3) is 11.3 Å². The zero-order chi connectivity index (χ0) is 18.3. The van der Waals surface area contributed by atoms with E-state index in [2.05, 4.69) is 20.3 Å². The summed E-state index contributed by atoms with van der Waals surface area (Å²) in [6, 6.07) is 8.29. The van der Waals surface area contributed by atoms with Crippen LogP contribution in [-0.4, -0.2) is 41.9 Å². The summed E-state index contributed by atoms with van der Waals surface area (Å²) in [5.74, 6) is 0.483. The predicted octanol–water partition coefficient (Wildman–Crippen LogP) is 1.31. The number of esters is 1. The van der Waals surface area contributed by atoms with E-state index < -0.39 is 5.97 Å². The fraction of sp³-hybridized carbons (Fsp3) is 0.176. The van der Waals surface area contributed by atoms with E-state index in [-0.39, 0.29) is 11.1 Å². The minimum atomic E-state index is -0.403. The summed E-state index contributed by atoms with van der Waals surface area (Å²) in [6.45, 7) is 3.79. The van der Waals surface area contributed by atoms with Crippen molar-refractivity contribution in [3.05, 3.63) is 58.3 Å². The molecule has 0 aliphatic heterocycles. The van der Waals surface area contributed by atoms with Crippen LogP contribution in [-0.2, 0) is 4.74 Å². The number of carbonyl (C=O) groups is 1. The first-order valence-electron chi connectivity index (χ1n) is 7.97. The summed E-state index contributed by atoms with van der Waals surface area (Å²) in [5.41, 5.74) is 1.39. The van der Waals surface area contributed by atoms with Crippen molar-refractivity contribution in [3.8, 4) is 5.69 Å². The highest BCUT2D eigenvalue weighted by atomic mass is 16.5. The van der Waals surface area contributed by atoms with Crippen molar-refractivity contribution < 1.29 is 9.53 Å². The monoisotopic (exact) mass is 350 g/mol. The first-order chi connectivity index (χ1) is 12.6. The molecule has 0 saturated carbocycles. The molecule has 0 spiro atoms. The maximum absolute atomic E-state index is 12.8. The zero-order valence-electron chi connectivity index (χ0n) is 14.1. The SMILES string of the molecule is CCOC(=O)c1ccc(-n2ccc3c(nnc4nc(C)nn43)c2=O)cc1. The maximum atomic E-state index is 12.8. The molecule has 3 heterocycles. The molecule has 130 valence electrons. The van der Waals surface area contributed by atoms with Crippen LogP contribution in [0.25, 0.3) is 22.5 Å². The molecule has 0 atom stereocenters. The highest BCUT2D eigenvalue weighted by Gasteiger charge is 2.13. The van der Waals surface area contributed by atoms with E-state index in [1.165, 1.54) is 9.08 Å². The van der Waals surface area contributed by atoms with Gasteiger partial charge < -0.3 is 4.74 Å². The van der Waals surface area contributed by atoms with Crippen LogP contribution in [0.5, 0.6) is 0 Å².